The Balaban J connectivity index is 0.679. The van der Waals surface area contributed by atoms with E-state index in [1.807, 2.05) is 0 Å². The maximum Gasteiger partial charge on any atom is 0.249 e. The van der Waals surface area contributed by atoms with Gasteiger partial charge < -0.3 is 21.3 Å². The summed E-state index contributed by atoms with van der Waals surface area (Å²) >= 11 is 1.71. The number of nitrogens with zero attached hydrogens (tertiary/aromatic N) is 2. The van der Waals surface area contributed by atoms with Crippen LogP contribution in [0.1, 0.15) is 148 Å². The van der Waals surface area contributed by atoms with Crippen molar-refractivity contribution in [2.45, 2.75) is 171 Å². The number of piperidine rings is 1. The number of carbonyl (C=O) groups is 7. The van der Waals surface area contributed by atoms with Crippen molar-refractivity contribution in [3.05, 3.63) is 0 Å². The van der Waals surface area contributed by atoms with Gasteiger partial charge in [-0.05, 0) is 101 Å². The number of amides is 7. The number of hydrogen-bond donors (Lipinski definition) is 6. The van der Waals surface area contributed by atoms with E-state index in [2.05, 4.69) is 31.9 Å². The lowest BCUT2D eigenvalue weighted by Crippen LogP contribution is -2.54. The van der Waals surface area contributed by atoms with E-state index >= 15 is 0 Å². The SMILES string of the molecule is CS(=O)(=O)N1CCC(C(=O)NCC(=O)NC2NC(C3CCCC(C4CCCC(CNC(=O)CCCCCCCCCCNC5CCC6C(=O)N(C7CCC(=O)NC7=O)C(=O)C6C5)C4)C3)CS2)C1. The van der Waals surface area contributed by atoms with Gasteiger partial charge in [0.25, 0.3) is 0 Å². The maximum atomic E-state index is 13.2. The average Bonchev–Trinajstić information content (AvgIpc) is 4.06. The van der Waals surface area contributed by atoms with Crippen LogP contribution in [0.15, 0.2) is 0 Å². The van der Waals surface area contributed by atoms with Crippen LogP contribution in [0.2, 0.25) is 0 Å². The van der Waals surface area contributed by atoms with E-state index < -0.39 is 27.9 Å². The lowest BCUT2D eigenvalue weighted by atomic mass is 9.67. The summed E-state index contributed by atoms with van der Waals surface area (Å²) in [7, 11) is -3.33. The molecule has 4 heterocycles. The quantitative estimate of drug-likeness (QED) is 0.0679. The number of nitrogens with one attached hydrogen (secondary N) is 6. The number of imide groups is 2. The summed E-state index contributed by atoms with van der Waals surface area (Å²) in [6.07, 6.45) is 23.3. The van der Waals surface area contributed by atoms with Gasteiger partial charge >= 0.3 is 0 Å². The van der Waals surface area contributed by atoms with Gasteiger partial charge in [0.2, 0.25) is 51.4 Å². The highest BCUT2D eigenvalue weighted by atomic mass is 32.2. The predicted molar refractivity (Wildman–Crippen MR) is 255 cm³/mol. The molecule has 7 rings (SSSR count). The van der Waals surface area contributed by atoms with Crippen molar-refractivity contribution in [2.24, 2.45) is 41.4 Å². The highest BCUT2D eigenvalue weighted by Gasteiger charge is 2.54. The number of carbonyl (C=O) groups excluding carboxylic acids is 7. The van der Waals surface area contributed by atoms with Crippen molar-refractivity contribution >= 4 is 63.1 Å². The fourth-order valence-electron chi connectivity index (χ4n) is 12.4. The number of thioether (sulfide) groups is 1. The van der Waals surface area contributed by atoms with Crippen molar-refractivity contribution in [3.63, 3.8) is 0 Å². The van der Waals surface area contributed by atoms with Crippen molar-refractivity contribution < 1.29 is 42.0 Å². The molecule has 0 aromatic rings. The molecule has 19 heteroatoms. The number of likely N-dealkylation sites (tertiary alicyclic amines) is 1. The minimum Gasteiger partial charge on any atom is -0.356 e. The molecule has 4 saturated heterocycles. The van der Waals surface area contributed by atoms with Gasteiger partial charge in [0.1, 0.15) is 11.5 Å². The van der Waals surface area contributed by atoms with Gasteiger partial charge in [-0.3, -0.25) is 49.1 Å². The Hall–Kier alpha value is -3.13. The summed E-state index contributed by atoms with van der Waals surface area (Å²) in [6.45, 7) is 2.02. The molecule has 4 aliphatic heterocycles. The van der Waals surface area contributed by atoms with Crippen molar-refractivity contribution in [1.82, 2.24) is 41.1 Å². The molecular formula is C48H78N8O9S2. The standard InChI is InChI=1S/C48H78N8O9S2/c1-67(64,65)55-23-21-35(29-55)44(60)51-28-43(59)54-48-52-39(30-66-48)34-15-11-14-33(25-34)32-13-10-12-31(24-32)27-50-41(57)16-8-6-4-2-3-5-7-9-22-49-36-17-18-37-38(26-36)47(63)56(46(37)62)40-19-20-42(58)53-45(40)61/h31-40,48-49,52H,2-30H2,1H3,(H,50,57)(H,51,60)(H,54,59)(H,53,58,61). The zero-order chi connectivity index (χ0) is 47.5. The molecule has 7 aliphatic rings. The first kappa shape index (κ1) is 51.7. The largest absolute Gasteiger partial charge is 0.356 e. The zero-order valence-electron chi connectivity index (χ0n) is 39.7. The number of rotatable bonds is 22. The fourth-order valence-corrected chi connectivity index (χ4v) is 14.5. The van der Waals surface area contributed by atoms with Gasteiger partial charge in [0, 0.05) is 50.3 Å². The van der Waals surface area contributed by atoms with Crippen LogP contribution >= 0.6 is 11.8 Å². The minimum atomic E-state index is -3.33. The third kappa shape index (κ3) is 14.5. The van der Waals surface area contributed by atoms with E-state index in [0.29, 0.717) is 61.9 Å². The van der Waals surface area contributed by atoms with E-state index in [1.54, 1.807) is 11.8 Å². The van der Waals surface area contributed by atoms with E-state index in [9.17, 15) is 42.0 Å². The van der Waals surface area contributed by atoms with Gasteiger partial charge in [-0.1, -0.05) is 64.2 Å². The number of hydrogen-bond acceptors (Lipinski definition) is 12. The van der Waals surface area contributed by atoms with Crippen LogP contribution in [0.5, 0.6) is 0 Å². The molecule has 6 N–H and O–H groups in total. The van der Waals surface area contributed by atoms with E-state index in [0.717, 1.165) is 68.5 Å². The molecule has 7 amide bonds. The molecule has 0 spiro atoms. The zero-order valence-corrected chi connectivity index (χ0v) is 41.4. The lowest BCUT2D eigenvalue weighted by Gasteiger charge is -2.40. The summed E-state index contributed by atoms with van der Waals surface area (Å²) in [5, 5.41) is 18.5. The first-order valence-corrected chi connectivity index (χ1v) is 28.7. The Kier molecular flexibility index (Phi) is 19.0. The smallest absolute Gasteiger partial charge is 0.249 e. The lowest BCUT2D eigenvalue weighted by molar-refractivity contribution is -0.151. The van der Waals surface area contributed by atoms with Gasteiger partial charge in [-0.25, -0.2) is 12.7 Å². The van der Waals surface area contributed by atoms with Crippen LogP contribution in [-0.2, 0) is 43.6 Å². The van der Waals surface area contributed by atoms with Crippen LogP contribution in [0.25, 0.3) is 0 Å². The normalized spacial score (nSPS) is 32.8. The molecule has 3 aliphatic carbocycles. The molecule has 11 unspecified atom stereocenters. The van der Waals surface area contributed by atoms with E-state index in [-0.39, 0.29) is 84.7 Å². The van der Waals surface area contributed by atoms with Gasteiger partial charge in [-0.15, -0.1) is 11.8 Å². The number of unbranched alkanes of at least 4 members (excludes halogenated alkanes) is 7. The molecule has 67 heavy (non-hydrogen) atoms. The van der Waals surface area contributed by atoms with Crippen LogP contribution in [0.4, 0.5) is 0 Å². The highest BCUT2D eigenvalue weighted by molar-refractivity contribution is 8.00. The van der Waals surface area contributed by atoms with Gasteiger partial charge in [-0.2, -0.15) is 0 Å². The summed E-state index contributed by atoms with van der Waals surface area (Å²) in [4.78, 5) is 89.5. The highest BCUT2D eigenvalue weighted by Crippen LogP contribution is 2.44. The van der Waals surface area contributed by atoms with Crippen molar-refractivity contribution in [3.8, 4) is 0 Å². The summed E-state index contributed by atoms with van der Waals surface area (Å²) in [5.74, 6) is 0.508. The number of sulfonamides is 1. The van der Waals surface area contributed by atoms with Crippen LogP contribution in [0.3, 0.4) is 0 Å². The Morgan fingerprint density at radius 1 is 0.746 bits per heavy atom. The summed E-state index contributed by atoms with van der Waals surface area (Å²) in [5.41, 5.74) is -0.193. The third-order valence-corrected chi connectivity index (χ3v) is 18.6. The van der Waals surface area contributed by atoms with Crippen molar-refractivity contribution in [1.29, 1.82) is 0 Å². The molecule has 0 aromatic heterocycles. The Morgan fingerprint density at radius 2 is 1.45 bits per heavy atom. The second-order valence-electron chi connectivity index (χ2n) is 20.9. The molecule has 376 valence electrons. The monoisotopic (exact) mass is 975 g/mol. The van der Waals surface area contributed by atoms with Gasteiger partial charge in [0.15, 0.2) is 0 Å². The molecular weight excluding hydrogens is 897 g/mol. The molecule has 3 saturated carbocycles. The first-order chi connectivity index (χ1) is 32.2. The minimum absolute atomic E-state index is 0.128. The van der Waals surface area contributed by atoms with Gasteiger partial charge in [0.05, 0.1) is 30.6 Å². The maximum absolute atomic E-state index is 13.2. The Bertz CT molecular complexity index is 1890. The molecule has 7 fully saturated rings. The van der Waals surface area contributed by atoms with Crippen LogP contribution in [0, 0.1) is 41.4 Å². The second-order valence-corrected chi connectivity index (χ2v) is 24.1. The van der Waals surface area contributed by atoms with Crippen LogP contribution in [-0.4, -0.2) is 127 Å². The molecule has 11 atom stereocenters. The fraction of sp³-hybridized carbons (Fsp3) is 0.854. The van der Waals surface area contributed by atoms with E-state index in [1.165, 1.54) is 74.9 Å². The Labute approximate surface area is 402 Å². The topological polar surface area (TPSA) is 232 Å². The predicted octanol–water partition coefficient (Wildman–Crippen LogP) is 3.28. The van der Waals surface area contributed by atoms with E-state index in [4.69, 9.17) is 0 Å². The van der Waals surface area contributed by atoms with Crippen LogP contribution < -0.4 is 31.9 Å². The van der Waals surface area contributed by atoms with Crippen molar-refractivity contribution in [2.75, 3.05) is 44.7 Å². The summed E-state index contributed by atoms with van der Waals surface area (Å²) in [6, 6.07) is -0.342. The molecule has 0 bridgehead atoms. The average molecular weight is 975 g/mol. The third-order valence-electron chi connectivity index (χ3n) is 16.2. The molecule has 0 aromatic carbocycles. The first-order valence-electron chi connectivity index (χ1n) is 25.8. The Morgan fingerprint density at radius 3 is 2.19 bits per heavy atom. The second kappa shape index (κ2) is 24.6. The molecule has 0 radical (unpaired) electrons. The summed E-state index contributed by atoms with van der Waals surface area (Å²) < 4.78 is 24.9. The molecule has 17 nitrogen and oxygen atoms in total. The number of fused-ring (bicyclic) bond motifs is 1.